The van der Waals surface area contributed by atoms with Gasteiger partial charge in [0.2, 0.25) is 0 Å². The molecule has 0 saturated carbocycles. The second-order valence-corrected chi connectivity index (χ2v) is 2.64. The molecule has 0 atom stereocenters. The van der Waals surface area contributed by atoms with Crippen molar-refractivity contribution in [2.75, 3.05) is 24.6 Å². The van der Waals surface area contributed by atoms with Crippen molar-refractivity contribution in [3.8, 4) is 0 Å². The monoisotopic (exact) mass is 182 g/mol. The number of benzene rings is 1. The number of hydrogen-bond acceptors (Lipinski definition) is 4. The van der Waals surface area contributed by atoms with E-state index in [1.807, 2.05) is 25.1 Å². The highest BCUT2D eigenvalue weighted by Gasteiger charge is 1.93. The van der Waals surface area contributed by atoms with Crippen LogP contribution in [0.3, 0.4) is 0 Å². The Morgan fingerprint density at radius 1 is 1.00 bits per heavy atom. The maximum absolute atomic E-state index is 5.54. The zero-order valence-electron chi connectivity index (χ0n) is 7.96. The van der Waals surface area contributed by atoms with Crippen molar-refractivity contribution in [2.45, 2.75) is 6.92 Å². The quantitative estimate of drug-likeness (QED) is 0.461. The Morgan fingerprint density at radius 2 is 1.38 bits per heavy atom. The molecular weight excluding hydrogens is 164 g/mol. The van der Waals surface area contributed by atoms with E-state index in [1.165, 1.54) is 0 Å². The first-order chi connectivity index (χ1) is 6.13. The molecule has 1 rings (SSSR count). The van der Waals surface area contributed by atoms with E-state index in [2.05, 4.69) is 0 Å². The van der Waals surface area contributed by atoms with Gasteiger partial charge in [-0.3, -0.25) is 0 Å². The molecule has 0 radical (unpaired) electrons. The van der Waals surface area contributed by atoms with Crippen LogP contribution >= 0.6 is 0 Å². The molecular formula is C9H18N4. The summed E-state index contributed by atoms with van der Waals surface area (Å²) in [6.07, 6.45) is 0. The Hall–Kier alpha value is -1.26. The van der Waals surface area contributed by atoms with Crippen molar-refractivity contribution >= 4 is 11.4 Å². The highest BCUT2D eigenvalue weighted by Crippen LogP contribution is 2.16. The van der Waals surface area contributed by atoms with Crippen molar-refractivity contribution < 1.29 is 0 Å². The number of nitrogen functional groups attached to an aromatic ring is 2. The van der Waals surface area contributed by atoms with Gasteiger partial charge in [-0.05, 0) is 24.6 Å². The fourth-order valence-corrected chi connectivity index (χ4v) is 0.672. The molecule has 8 N–H and O–H groups in total. The van der Waals surface area contributed by atoms with Gasteiger partial charge in [-0.2, -0.15) is 0 Å². The van der Waals surface area contributed by atoms with Gasteiger partial charge in [-0.15, -0.1) is 0 Å². The Balaban J connectivity index is 0.000000310. The lowest BCUT2D eigenvalue weighted by atomic mass is 10.2. The van der Waals surface area contributed by atoms with Gasteiger partial charge in [-0.25, -0.2) is 0 Å². The first-order valence-electron chi connectivity index (χ1n) is 4.14. The lowest BCUT2D eigenvalue weighted by molar-refractivity contribution is 0.976. The third-order valence-electron chi connectivity index (χ3n) is 1.58. The van der Waals surface area contributed by atoms with E-state index in [9.17, 15) is 0 Å². The normalized spacial score (nSPS) is 8.85. The van der Waals surface area contributed by atoms with Crippen LogP contribution < -0.4 is 22.9 Å². The van der Waals surface area contributed by atoms with E-state index < -0.39 is 0 Å². The van der Waals surface area contributed by atoms with Gasteiger partial charge >= 0.3 is 0 Å². The zero-order chi connectivity index (χ0) is 10.3. The van der Waals surface area contributed by atoms with Crippen LogP contribution in [0, 0.1) is 6.92 Å². The van der Waals surface area contributed by atoms with E-state index in [1.54, 1.807) is 0 Å². The number of anilines is 2. The summed E-state index contributed by atoms with van der Waals surface area (Å²) in [6.45, 7) is 3.10. The molecule has 0 heterocycles. The fourth-order valence-electron chi connectivity index (χ4n) is 0.672. The lowest BCUT2D eigenvalue weighted by Crippen LogP contribution is -2.11. The molecule has 0 aliphatic carbocycles. The summed E-state index contributed by atoms with van der Waals surface area (Å²) in [4.78, 5) is 0. The van der Waals surface area contributed by atoms with Gasteiger partial charge in [-0.1, -0.05) is 6.07 Å². The molecule has 0 saturated heterocycles. The van der Waals surface area contributed by atoms with Crippen LogP contribution in [0.5, 0.6) is 0 Å². The molecule has 4 nitrogen and oxygen atoms in total. The van der Waals surface area contributed by atoms with E-state index in [4.69, 9.17) is 22.9 Å². The highest BCUT2D eigenvalue weighted by molar-refractivity contribution is 5.59. The molecule has 0 aliphatic rings. The summed E-state index contributed by atoms with van der Waals surface area (Å²) in [5.41, 5.74) is 23.4. The van der Waals surface area contributed by atoms with Gasteiger partial charge < -0.3 is 22.9 Å². The molecule has 0 unspecified atom stereocenters. The van der Waals surface area contributed by atoms with Crippen LogP contribution in [0.4, 0.5) is 11.4 Å². The molecule has 0 aliphatic heterocycles. The smallest absolute Gasteiger partial charge is 0.0364 e. The molecule has 0 spiro atoms. The average molecular weight is 182 g/mol. The predicted octanol–water partition coefficient (Wildman–Crippen LogP) is 0.0632. The first kappa shape index (κ1) is 11.7. The minimum atomic E-state index is 0.597. The van der Waals surface area contributed by atoms with Crippen LogP contribution in [-0.2, 0) is 0 Å². The third-order valence-corrected chi connectivity index (χ3v) is 1.58. The Kier molecular flexibility index (Phi) is 5.67. The average Bonchev–Trinajstić information content (AvgIpc) is 2.14. The van der Waals surface area contributed by atoms with E-state index >= 15 is 0 Å². The summed E-state index contributed by atoms with van der Waals surface area (Å²) in [5, 5.41) is 0. The number of rotatable bonds is 1. The maximum atomic E-state index is 5.54. The number of nitrogens with two attached hydrogens (primary N) is 4. The Bertz CT molecular complexity index is 225. The van der Waals surface area contributed by atoms with Crippen LogP contribution in [0.1, 0.15) is 5.56 Å². The van der Waals surface area contributed by atoms with Crippen molar-refractivity contribution in [1.29, 1.82) is 0 Å². The van der Waals surface area contributed by atoms with Gasteiger partial charge in [0.25, 0.3) is 0 Å². The van der Waals surface area contributed by atoms with Gasteiger partial charge in [0, 0.05) is 24.5 Å². The third kappa shape index (κ3) is 4.35. The second kappa shape index (κ2) is 6.28. The fraction of sp³-hybridized carbons (Fsp3) is 0.333. The minimum absolute atomic E-state index is 0.597. The van der Waals surface area contributed by atoms with Crippen LogP contribution in [0.2, 0.25) is 0 Å². The van der Waals surface area contributed by atoms with Crippen LogP contribution in [-0.4, -0.2) is 13.1 Å². The summed E-state index contributed by atoms with van der Waals surface area (Å²) >= 11 is 0. The zero-order valence-corrected chi connectivity index (χ0v) is 7.96. The predicted molar refractivity (Wildman–Crippen MR) is 58.1 cm³/mol. The molecule has 1 aromatic rings. The van der Waals surface area contributed by atoms with E-state index in [0.29, 0.717) is 13.1 Å². The van der Waals surface area contributed by atoms with Crippen LogP contribution in [0.15, 0.2) is 18.2 Å². The highest BCUT2D eigenvalue weighted by atomic mass is 14.6. The van der Waals surface area contributed by atoms with E-state index in [-0.39, 0.29) is 0 Å². The van der Waals surface area contributed by atoms with Gasteiger partial charge in [0.15, 0.2) is 0 Å². The van der Waals surface area contributed by atoms with Crippen molar-refractivity contribution in [3.05, 3.63) is 23.8 Å². The summed E-state index contributed by atoms with van der Waals surface area (Å²) in [6, 6.07) is 5.52. The minimum Gasteiger partial charge on any atom is -0.398 e. The van der Waals surface area contributed by atoms with Crippen LogP contribution in [0.25, 0.3) is 0 Å². The maximum Gasteiger partial charge on any atom is 0.0364 e. The summed E-state index contributed by atoms with van der Waals surface area (Å²) in [7, 11) is 0. The molecule has 4 heteroatoms. The summed E-state index contributed by atoms with van der Waals surface area (Å²) < 4.78 is 0. The topological polar surface area (TPSA) is 104 Å². The van der Waals surface area contributed by atoms with Crippen molar-refractivity contribution in [2.24, 2.45) is 11.5 Å². The van der Waals surface area contributed by atoms with Gasteiger partial charge in [0.05, 0.1) is 0 Å². The molecule has 0 fully saturated rings. The molecule has 0 aromatic heterocycles. The summed E-state index contributed by atoms with van der Waals surface area (Å²) in [5.74, 6) is 0. The lowest BCUT2D eigenvalue weighted by Gasteiger charge is -2.00. The SMILES string of the molecule is Cc1c(N)cccc1N.NCCN. The molecule has 74 valence electrons. The number of hydrogen-bond donors (Lipinski definition) is 4. The first-order valence-corrected chi connectivity index (χ1v) is 4.14. The molecule has 13 heavy (non-hydrogen) atoms. The second-order valence-electron chi connectivity index (χ2n) is 2.64. The Morgan fingerprint density at radius 3 is 1.62 bits per heavy atom. The molecule has 0 bridgehead atoms. The standard InChI is InChI=1S/C7H10N2.C2H8N2/c1-5-6(8)3-2-4-7(5)9;3-1-2-4/h2-4H,8-9H2,1H3;1-4H2. The largest absolute Gasteiger partial charge is 0.398 e. The van der Waals surface area contributed by atoms with Crippen molar-refractivity contribution in [3.63, 3.8) is 0 Å². The van der Waals surface area contributed by atoms with Gasteiger partial charge in [0.1, 0.15) is 0 Å². The molecule has 1 aromatic carbocycles. The Labute approximate surface area is 78.9 Å². The van der Waals surface area contributed by atoms with Crippen molar-refractivity contribution in [1.82, 2.24) is 0 Å². The molecule has 0 amide bonds. The van der Waals surface area contributed by atoms with E-state index in [0.717, 1.165) is 16.9 Å².